The van der Waals surface area contributed by atoms with Gasteiger partial charge in [0, 0.05) is 18.7 Å². The third kappa shape index (κ3) is 18.4. The lowest BCUT2D eigenvalue weighted by Crippen LogP contribution is -2.52. The van der Waals surface area contributed by atoms with E-state index in [1.54, 1.807) is 6.92 Å². The molecule has 2 aromatic rings. The fraction of sp³-hybridized carbons (Fsp3) is 0.364. The number of amides is 4. The number of allylic oxidation sites excluding steroid dienone is 3. The zero-order valence-electron chi connectivity index (χ0n) is 25.7. The number of carbonyl (C=O) groups is 3. The molecule has 1 atom stereocenters. The Balaban J connectivity index is 0. The molecule has 2 rings (SSSR count). The lowest BCUT2D eigenvalue weighted by Gasteiger charge is -2.19. The quantitative estimate of drug-likeness (QED) is 0.0934. The van der Waals surface area contributed by atoms with Crippen molar-refractivity contribution in [3.8, 4) is 12.8 Å². The Labute approximate surface area is 257 Å². The lowest BCUT2D eigenvalue weighted by atomic mass is 9.98. The molecule has 8 nitrogen and oxygen atoms in total. The van der Waals surface area contributed by atoms with Crippen LogP contribution in [0.4, 0.5) is 4.79 Å². The maximum atomic E-state index is 12.5. The van der Waals surface area contributed by atoms with E-state index in [0.29, 0.717) is 13.0 Å². The van der Waals surface area contributed by atoms with Crippen LogP contribution in [0.15, 0.2) is 78.3 Å². The largest absolute Gasteiger partial charge is 0.343 e. The average Bonchev–Trinajstić information content (AvgIpc) is 3.01. The summed E-state index contributed by atoms with van der Waals surface area (Å²) in [6.07, 6.45) is 15.5. The minimum atomic E-state index is -0.803. The minimum absolute atomic E-state index is 0.0464. The van der Waals surface area contributed by atoms with Crippen molar-refractivity contribution in [2.75, 3.05) is 25.5 Å². The maximum absolute atomic E-state index is 12.5. The van der Waals surface area contributed by atoms with E-state index in [-0.39, 0.29) is 19.2 Å². The molecule has 6 N–H and O–H groups in total. The predicted molar refractivity (Wildman–Crippen MR) is 181 cm³/mol. The second-order valence-electron chi connectivity index (χ2n) is 8.28. The topological polar surface area (TPSA) is 125 Å². The molecule has 0 radical (unpaired) electrons. The first kappa shape index (κ1) is 40.1. The maximum Gasteiger partial charge on any atom is 0.316 e. The highest BCUT2D eigenvalue weighted by Crippen LogP contribution is 2.20. The molecule has 0 fully saturated rings. The van der Waals surface area contributed by atoms with Crippen LogP contribution in [0.2, 0.25) is 0 Å². The zero-order valence-corrected chi connectivity index (χ0v) is 26.6. The molecule has 0 aromatic heterocycles. The molecular formula is C33H49N5O3S. The fourth-order valence-electron chi connectivity index (χ4n) is 3.33. The molecule has 4 amide bonds. The van der Waals surface area contributed by atoms with Gasteiger partial charge in [-0.15, -0.1) is 31.2 Å². The number of fused-ring (bicyclic) bond motifs is 1. The van der Waals surface area contributed by atoms with Crippen LogP contribution in [0.3, 0.4) is 0 Å². The van der Waals surface area contributed by atoms with E-state index >= 15 is 0 Å². The monoisotopic (exact) mass is 595 g/mol. The summed E-state index contributed by atoms with van der Waals surface area (Å²) in [6.45, 7) is 13.9. The van der Waals surface area contributed by atoms with E-state index < -0.39 is 17.9 Å². The molecule has 0 bridgehead atoms. The number of carbonyl (C=O) groups excluding carboxylic acids is 3. The highest BCUT2D eigenvalue weighted by Gasteiger charge is 2.21. The summed E-state index contributed by atoms with van der Waals surface area (Å²) in [7, 11) is 0. The van der Waals surface area contributed by atoms with Gasteiger partial charge in [-0.25, -0.2) is 4.79 Å². The predicted octanol–water partition coefficient (Wildman–Crippen LogP) is 5.27. The number of nitrogens with two attached hydrogens (primary N) is 1. The van der Waals surface area contributed by atoms with Crippen molar-refractivity contribution in [2.45, 2.75) is 53.5 Å². The standard InChI is InChI=1S/C19H25N5O3.C10H16S.C2H6.C2H2/c1-2-21-19(27)23-12-22-18(26)16(24-17(25)11-20)10-14-8-5-7-13-6-3-4-9-15(13)14;1-4-6-8-11-9-10(3)7-5-2;2*1-2/h3-9,16H,2,10-12,20H2,1H3,(H,22,26)(H,24,25)(H2,21,23,27);4-6,9H,2,7-8H2,1,3H3;1-2H3;1-2H/b;6-4-,10-9-;;/t16-;;;/m1.../s1. The Morgan fingerprint density at radius 1 is 1.05 bits per heavy atom. The van der Waals surface area contributed by atoms with E-state index in [1.807, 2.05) is 81.1 Å². The van der Waals surface area contributed by atoms with Crippen LogP contribution in [0.1, 0.15) is 46.6 Å². The number of urea groups is 1. The molecule has 0 aliphatic rings. The van der Waals surface area contributed by atoms with Gasteiger partial charge in [0.2, 0.25) is 11.8 Å². The summed E-state index contributed by atoms with van der Waals surface area (Å²) >= 11 is 1.83. The van der Waals surface area contributed by atoms with Crippen molar-refractivity contribution in [3.05, 3.63) is 83.8 Å². The normalized spacial score (nSPS) is 10.8. The lowest BCUT2D eigenvalue weighted by molar-refractivity contribution is -0.128. The van der Waals surface area contributed by atoms with Crippen LogP contribution in [0.25, 0.3) is 10.8 Å². The smallest absolute Gasteiger partial charge is 0.316 e. The van der Waals surface area contributed by atoms with Crippen molar-refractivity contribution in [2.24, 2.45) is 5.73 Å². The highest BCUT2D eigenvalue weighted by molar-refractivity contribution is 8.02. The van der Waals surface area contributed by atoms with Gasteiger partial charge in [-0.3, -0.25) is 9.59 Å². The van der Waals surface area contributed by atoms with Crippen LogP contribution in [-0.4, -0.2) is 49.4 Å². The van der Waals surface area contributed by atoms with E-state index in [1.165, 1.54) is 5.57 Å². The second kappa shape index (κ2) is 27.2. The van der Waals surface area contributed by atoms with Gasteiger partial charge in [0.1, 0.15) is 6.04 Å². The number of nitrogens with one attached hydrogen (secondary N) is 4. The summed E-state index contributed by atoms with van der Waals surface area (Å²) in [5, 5.41) is 14.6. The van der Waals surface area contributed by atoms with Gasteiger partial charge in [0.05, 0.1) is 13.2 Å². The van der Waals surface area contributed by atoms with Crippen LogP contribution in [0, 0.1) is 12.8 Å². The van der Waals surface area contributed by atoms with Gasteiger partial charge < -0.3 is 27.0 Å². The Hall–Kier alpha value is -4.00. The van der Waals surface area contributed by atoms with Gasteiger partial charge in [-0.1, -0.05) is 80.1 Å². The minimum Gasteiger partial charge on any atom is -0.343 e. The van der Waals surface area contributed by atoms with Crippen molar-refractivity contribution < 1.29 is 14.4 Å². The highest BCUT2D eigenvalue weighted by atomic mass is 32.2. The van der Waals surface area contributed by atoms with E-state index in [2.05, 4.69) is 65.2 Å². The van der Waals surface area contributed by atoms with Crippen LogP contribution in [0.5, 0.6) is 0 Å². The van der Waals surface area contributed by atoms with E-state index in [9.17, 15) is 14.4 Å². The Morgan fingerprint density at radius 2 is 1.71 bits per heavy atom. The van der Waals surface area contributed by atoms with E-state index in [0.717, 1.165) is 28.5 Å². The van der Waals surface area contributed by atoms with Gasteiger partial charge in [-0.2, -0.15) is 0 Å². The van der Waals surface area contributed by atoms with Gasteiger partial charge >= 0.3 is 6.03 Å². The van der Waals surface area contributed by atoms with Crippen LogP contribution >= 0.6 is 11.8 Å². The SMILES string of the molecule is C#C.C=CC/C(C)=C\SC/C=C\C.CC.CCNC(=O)NCNC(=O)[C@@H](Cc1cccc2ccccc12)NC(=O)CN. The Bertz CT molecular complexity index is 1140. The first-order valence-electron chi connectivity index (χ1n) is 13.9. The summed E-state index contributed by atoms with van der Waals surface area (Å²) in [6, 6.07) is 12.5. The average molecular weight is 596 g/mol. The first-order valence-corrected chi connectivity index (χ1v) is 15.0. The van der Waals surface area contributed by atoms with Gasteiger partial charge in [0.25, 0.3) is 0 Å². The third-order valence-electron chi connectivity index (χ3n) is 5.17. The summed E-state index contributed by atoms with van der Waals surface area (Å²) in [4.78, 5) is 35.7. The number of rotatable bonds is 13. The number of thioether (sulfide) groups is 1. The van der Waals surface area contributed by atoms with Crippen molar-refractivity contribution >= 4 is 40.4 Å². The third-order valence-corrected chi connectivity index (χ3v) is 6.12. The Morgan fingerprint density at radius 3 is 2.33 bits per heavy atom. The second-order valence-corrected chi connectivity index (χ2v) is 9.18. The molecule has 0 aliphatic heterocycles. The summed E-state index contributed by atoms with van der Waals surface area (Å²) in [5.41, 5.74) is 7.69. The van der Waals surface area contributed by atoms with E-state index in [4.69, 9.17) is 5.73 Å². The molecule has 0 heterocycles. The number of benzene rings is 2. The number of hydrogen-bond acceptors (Lipinski definition) is 5. The Kier molecular flexibility index (Phi) is 26.0. The molecule has 42 heavy (non-hydrogen) atoms. The zero-order chi connectivity index (χ0) is 32.2. The molecule has 0 unspecified atom stereocenters. The van der Waals surface area contributed by atoms with Crippen molar-refractivity contribution in [1.82, 2.24) is 21.3 Å². The van der Waals surface area contributed by atoms with Gasteiger partial charge in [0.15, 0.2) is 0 Å². The molecular weight excluding hydrogens is 546 g/mol. The van der Waals surface area contributed by atoms with Crippen molar-refractivity contribution in [3.63, 3.8) is 0 Å². The number of hydrogen-bond donors (Lipinski definition) is 5. The molecule has 0 spiro atoms. The summed E-state index contributed by atoms with van der Waals surface area (Å²) in [5.74, 6) is 0.249. The van der Waals surface area contributed by atoms with Crippen LogP contribution < -0.4 is 27.0 Å². The molecule has 0 aliphatic carbocycles. The molecule has 9 heteroatoms. The summed E-state index contributed by atoms with van der Waals surface area (Å²) < 4.78 is 0. The molecule has 0 saturated carbocycles. The fourth-order valence-corrected chi connectivity index (χ4v) is 4.11. The first-order chi connectivity index (χ1) is 20.4. The molecule has 0 saturated heterocycles. The molecule has 230 valence electrons. The number of terminal acetylenes is 1. The van der Waals surface area contributed by atoms with Gasteiger partial charge in [-0.05, 0) is 48.9 Å². The molecule has 2 aromatic carbocycles. The van der Waals surface area contributed by atoms with Crippen molar-refractivity contribution in [1.29, 1.82) is 0 Å². The van der Waals surface area contributed by atoms with Crippen LogP contribution in [-0.2, 0) is 16.0 Å².